The molecule has 0 spiro atoms. The highest BCUT2D eigenvalue weighted by Gasteiger charge is 2.34. The zero-order valence-corrected chi connectivity index (χ0v) is 11.7. The van der Waals surface area contributed by atoms with E-state index in [1.54, 1.807) is 0 Å². The standard InChI is InChI=1S/C12H14ClF3N4/c1-7(2)8(13)6-18-11-9-5-10(12(14,15)16)19-20(9)4-3-17-11/h3-5,7-8H,6H2,1-2H3,(H,17,18). The molecule has 4 nitrogen and oxygen atoms in total. The lowest BCUT2D eigenvalue weighted by molar-refractivity contribution is -0.141. The van der Waals surface area contributed by atoms with Gasteiger partial charge in [0.2, 0.25) is 0 Å². The molecule has 2 heterocycles. The molecule has 1 N–H and O–H groups in total. The molecule has 8 heteroatoms. The first kappa shape index (κ1) is 14.9. The number of alkyl halides is 4. The van der Waals surface area contributed by atoms with Crippen molar-refractivity contribution >= 4 is 22.9 Å². The van der Waals surface area contributed by atoms with E-state index in [9.17, 15) is 13.2 Å². The molecule has 0 radical (unpaired) electrons. The van der Waals surface area contributed by atoms with E-state index in [4.69, 9.17) is 11.6 Å². The molecule has 2 aromatic rings. The number of hydrogen-bond donors (Lipinski definition) is 1. The second-order valence-electron chi connectivity index (χ2n) is 4.77. The van der Waals surface area contributed by atoms with Crippen molar-refractivity contribution < 1.29 is 13.2 Å². The molecule has 0 bridgehead atoms. The van der Waals surface area contributed by atoms with Crippen LogP contribution in [0.4, 0.5) is 19.0 Å². The Hall–Kier alpha value is -1.50. The van der Waals surface area contributed by atoms with Crippen LogP contribution < -0.4 is 5.32 Å². The smallest absolute Gasteiger partial charge is 0.367 e. The fourth-order valence-corrected chi connectivity index (χ4v) is 1.70. The molecule has 1 unspecified atom stereocenters. The van der Waals surface area contributed by atoms with Gasteiger partial charge in [0.25, 0.3) is 0 Å². The van der Waals surface area contributed by atoms with Crippen molar-refractivity contribution in [2.75, 3.05) is 11.9 Å². The summed E-state index contributed by atoms with van der Waals surface area (Å²) in [6.07, 6.45) is -1.71. The first-order valence-electron chi connectivity index (χ1n) is 6.08. The van der Waals surface area contributed by atoms with Gasteiger partial charge in [0, 0.05) is 25.0 Å². The largest absolute Gasteiger partial charge is 0.435 e. The van der Waals surface area contributed by atoms with E-state index in [0.717, 1.165) is 10.6 Å². The predicted octanol–water partition coefficient (Wildman–Crippen LogP) is 3.42. The summed E-state index contributed by atoms with van der Waals surface area (Å²) in [5.41, 5.74) is -0.674. The number of nitrogens with one attached hydrogen (secondary N) is 1. The van der Waals surface area contributed by atoms with Crippen molar-refractivity contribution in [2.24, 2.45) is 5.92 Å². The van der Waals surface area contributed by atoms with Crippen LogP contribution in [-0.4, -0.2) is 26.5 Å². The van der Waals surface area contributed by atoms with Crippen LogP contribution in [0, 0.1) is 5.92 Å². The third kappa shape index (κ3) is 3.15. The lowest BCUT2D eigenvalue weighted by Gasteiger charge is -2.14. The molecule has 1 atom stereocenters. The number of rotatable bonds is 4. The summed E-state index contributed by atoms with van der Waals surface area (Å²) in [5, 5.41) is 6.31. The van der Waals surface area contributed by atoms with Crippen LogP contribution in [-0.2, 0) is 6.18 Å². The number of anilines is 1. The first-order valence-corrected chi connectivity index (χ1v) is 6.52. The zero-order chi connectivity index (χ0) is 14.9. The minimum atomic E-state index is -4.48. The van der Waals surface area contributed by atoms with E-state index < -0.39 is 11.9 Å². The quantitative estimate of drug-likeness (QED) is 0.880. The first-order chi connectivity index (χ1) is 9.29. The summed E-state index contributed by atoms with van der Waals surface area (Å²) in [6.45, 7) is 4.35. The highest BCUT2D eigenvalue weighted by Crippen LogP contribution is 2.30. The Balaban J connectivity index is 2.28. The molecule has 0 fully saturated rings. The summed E-state index contributed by atoms with van der Waals surface area (Å²) in [4.78, 5) is 4.04. The van der Waals surface area contributed by atoms with E-state index in [0.29, 0.717) is 12.4 Å². The molecule has 2 aromatic heterocycles. The van der Waals surface area contributed by atoms with Gasteiger partial charge in [0.05, 0.1) is 5.38 Å². The van der Waals surface area contributed by atoms with Crippen molar-refractivity contribution in [2.45, 2.75) is 25.4 Å². The van der Waals surface area contributed by atoms with Gasteiger partial charge in [-0.25, -0.2) is 9.50 Å². The minimum Gasteiger partial charge on any atom is -0.367 e. The van der Waals surface area contributed by atoms with Gasteiger partial charge < -0.3 is 5.32 Å². The van der Waals surface area contributed by atoms with Crippen LogP contribution in [0.25, 0.3) is 5.52 Å². The Morgan fingerprint density at radius 3 is 2.70 bits per heavy atom. The molecule has 0 saturated heterocycles. The van der Waals surface area contributed by atoms with Gasteiger partial charge in [-0.05, 0) is 5.92 Å². The third-order valence-electron chi connectivity index (χ3n) is 2.87. The molecule has 0 aliphatic heterocycles. The summed E-state index contributed by atoms with van der Waals surface area (Å²) >= 11 is 6.10. The monoisotopic (exact) mass is 306 g/mol. The van der Waals surface area contributed by atoms with Gasteiger partial charge in [-0.15, -0.1) is 11.6 Å². The molecule has 0 aliphatic rings. The molecule has 110 valence electrons. The molecule has 0 aromatic carbocycles. The third-order valence-corrected chi connectivity index (χ3v) is 3.53. The van der Waals surface area contributed by atoms with Crippen molar-refractivity contribution in [3.05, 3.63) is 24.2 Å². The van der Waals surface area contributed by atoms with E-state index in [1.807, 2.05) is 13.8 Å². The molecule has 0 saturated carbocycles. The highest BCUT2D eigenvalue weighted by atomic mass is 35.5. The van der Waals surface area contributed by atoms with Crippen LogP contribution in [0.1, 0.15) is 19.5 Å². The van der Waals surface area contributed by atoms with Crippen molar-refractivity contribution in [1.82, 2.24) is 14.6 Å². The van der Waals surface area contributed by atoms with Crippen LogP contribution in [0.2, 0.25) is 0 Å². The van der Waals surface area contributed by atoms with E-state index in [2.05, 4.69) is 15.4 Å². The maximum absolute atomic E-state index is 12.6. The van der Waals surface area contributed by atoms with E-state index >= 15 is 0 Å². The summed E-state index contributed by atoms with van der Waals surface area (Å²) in [7, 11) is 0. The number of nitrogens with zero attached hydrogens (tertiary/aromatic N) is 3. The fraction of sp³-hybridized carbons (Fsp3) is 0.500. The van der Waals surface area contributed by atoms with E-state index in [1.165, 1.54) is 12.4 Å². The Labute approximate surface area is 118 Å². The number of fused-ring (bicyclic) bond motifs is 1. The molecule has 0 aliphatic carbocycles. The number of aromatic nitrogens is 3. The summed E-state index contributed by atoms with van der Waals surface area (Å²) < 4.78 is 39.1. The van der Waals surface area contributed by atoms with Gasteiger partial charge >= 0.3 is 6.18 Å². The maximum atomic E-state index is 12.6. The molecule has 0 amide bonds. The van der Waals surface area contributed by atoms with Crippen molar-refractivity contribution in [3.8, 4) is 0 Å². The minimum absolute atomic E-state index is 0.137. The van der Waals surface area contributed by atoms with E-state index in [-0.39, 0.29) is 16.8 Å². The summed E-state index contributed by atoms with van der Waals surface area (Å²) in [6, 6.07) is 0.966. The second-order valence-corrected chi connectivity index (χ2v) is 5.33. The topological polar surface area (TPSA) is 42.2 Å². The summed E-state index contributed by atoms with van der Waals surface area (Å²) in [5.74, 6) is 0.585. The Morgan fingerprint density at radius 2 is 2.10 bits per heavy atom. The maximum Gasteiger partial charge on any atom is 0.435 e. The number of halogens is 4. The van der Waals surface area contributed by atoms with Gasteiger partial charge in [0.15, 0.2) is 11.5 Å². The molecule has 20 heavy (non-hydrogen) atoms. The van der Waals surface area contributed by atoms with Crippen LogP contribution in [0.5, 0.6) is 0 Å². The van der Waals surface area contributed by atoms with Gasteiger partial charge in [-0.3, -0.25) is 0 Å². The Bertz CT molecular complexity index is 594. The zero-order valence-electron chi connectivity index (χ0n) is 10.9. The van der Waals surface area contributed by atoms with Crippen LogP contribution in [0.15, 0.2) is 18.5 Å². The average Bonchev–Trinajstić information content (AvgIpc) is 2.79. The molecule has 2 rings (SSSR count). The van der Waals surface area contributed by atoms with Crippen molar-refractivity contribution in [3.63, 3.8) is 0 Å². The van der Waals surface area contributed by atoms with Crippen LogP contribution >= 0.6 is 11.6 Å². The lowest BCUT2D eigenvalue weighted by Crippen LogP contribution is -2.20. The molecular weight excluding hydrogens is 293 g/mol. The highest BCUT2D eigenvalue weighted by molar-refractivity contribution is 6.21. The van der Waals surface area contributed by atoms with Crippen molar-refractivity contribution in [1.29, 1.82) is 0 Å². The van der Waals surface area contributed by atoms with Crippen LogP contribution in [0.3, 0.4) is 0 Å². The molecular formula is C12H14ClF3N4. The lowest BCUT2D eigenvalue weighted by atomic mass is 10.1. The second kappa shape index (κ2) is 5.47. The Kier molecular flexibility index (Phi) is 4.08. The van der Waals surface area contributed by atoms with Gasteiger partial charge in [-0.2, -0.15) is 18.3 Å². The average molecular weight is 307 g/mol. The fourth-order valence-electron chi connectivity index (χ4n) is 1.63. The van der Waals surface area contributed by atoms with Gasteiger partial charge in [-0.1, -0.05) is 13.8 Å². The number of hydrogen-bond acceptors (Lipinski definition) is 3. The predicted molar refractivity (Wildman–Crippen MR) is 71.0 cm³/mol. The normalized spacial score (nSPS) is 13.9. The SMILES string of the molecule is CC(C)C(Cl)CNc1nccn2nc(C(F)(F)F)cc12. The Morgan fingerprint density at radius 1 is 1.40 bits per heavy atom. The van der Waals surface area contributed by atoms with Gasteiger partial charge in [0.1, 0.15) is 5.52 Å².